The molecule has 5 heteroatoms. The Kier molecular flexibility index (Phi) is 3.79. The van der Waals surface area contributed by atoms with E-state index in [9.17, 15) is 4.79 Å². The monoisotopic (exact) mass is 263 g/mol. The first-order chi connectivity index (χ1) is 8.59. The van der Waals surface area contributed by atoms with Crippen molar-refractivity contribution in [2.45, 2.75) is 19.5 Å². The highest BCUT2D eigenvalue weighted by molar-refractivity contribution is 6.35. The van der Waals surface area contributed by atoms with E-state index in [0.29, 0.717) is 11.6 Å². The number of pyridine rings is 1. The summed E-state index contributed by atoms with van der Waals surface area (Å²) in [4.78, 5) is 15.3. The minimum atomic E-state index is -0.376. The van der Waals surface area contributed by atoms with E-state index >= 15 is 0 Å². The Bertz CT molecular complexity index is 585. The van der Waals surface area contributed by atoms with Crippen LogP contribution < -0.4 is 11.1 Å². The van der Waals surface area contributed by atoms with Gasteiger partial charge in [-0.25, -0.2) is 0 Å². The van der Waals surface area contributed by atoms with E-state index < -0.39 is 0 Å². The van der Waals surface area contributed by atoms with Crippen LogP contribution in [0.4, 0.5) is 0 Å². The van der Waals surface area contributed by atoms with Crippen LogP contribution in [0.25, 0.3) is 10.9 Å². The fourth-order valence-corrected chi connectivity index (χ4v) is 1.92. The molecule has 1 amide bonds. The fourth-order valence-electron chi connectivity index (χ4n) is 1.70. The number of carbonyl (C=O) groups excluding carboxylic acids is 1. The average Bonchev–Trinajstić information content (AvgIpc) is 2.38. The Balaban J connectivity index is 2.29. The molecule has 0 saturated carbocycles. The van der Waals surface area contributed by atoms with Crippen LogP contribution in [0.1, 0.15) is 12.5 Å². The minimum Gasteiger partial charge on any atom is -0.368 e. The Hall–Kier alpha value is -1.65. The van der Waals surface area contributed by atoms with Crippen molar-refractivity contribution in [2.24, 2.45) is 5.73 Å². The van der Waals surface area contributed by atoms with Crippen molar-refractivity contribution in [3.05, 3.63) is 41.0 Å². The number of nitrogens with zero attached hydrogens (tertiary/aromatic N) is 1. The molecule has 0 radical (unpaired) electrons. The van der Waals surface area contributed by atoms with Crippen LogP contribution >= 0.6 is 11.6 Å². The molecule has 1 atom stereocenters. The number of primary amides is 1. The molecule has 18 heavy (non-hydrogen) atoms. The lowest BCUT2D eigenvalue weighted by Crippen LogP contribution is -2.38. The van der Waals surface area contributed by atoms with Crippen LogP contribution in [-0.2, 0) is 11.3 Å². The summed E-state index contributed by atoms with van der Waals surface area (Å²) < 4.78 is 0. The number of aromatic nitrogens is 1. The predicted molar refractivity (Wildman–Crippen MR) is 72.2 cm³/mol. The van der Waals surface area contributed by atoms with Gasteiger partial charge >= 0.3 is 0 Å². The molecule has 2 aromatic rings. The highest BCUT2D eigenvalue weighted by Crippen LogP contribution is 2.24. The van der Waals surface area contributed by atoms with Crippen molar-refractivity contribution in [1.82, 2.24) is 10.3 Å². The molecule has 1 aromatic heterocycles. The fraction of sp³-hybridized carbons (Fsp3) is 0.231. The topological polar surface area (TPSA) is 68.0 Å². The number of rotatable bonds is 4. The number of benzene rings is 1. The van der Waals surface area contributed by atoms with Crippen LogP contribution in [0, 0.1) is 0 Å². The lowest BCUT2D eigenvalue weighted by atomic mass is 10.1. The molecule has 0 spiro atoms. The number of nitrogens with two attached hydrogens (primary N) is 1. The van der Waals surface area contributed by atoms with Gasteiger partial charge < -0.3 is 11.1 Å². The molecular formula is C13H14ClN3O. The first kappa shape index (κ1) is 12.8. The molecule has 94 valence electrons. The van der Waals surface area contributed by atoms with Gasteiger partial charge in [0.2, 0.25) is 5.91 Å². The number of carbonyl (C=O) groups is 1. The van der Waals surface area contributed by atoms with Crippen molar-refractivity contribution in [3.8, 4) is 0 Å². The standard InChI is InChI=1S/C13H14ClN3O/c1-8(13(15)18)17-7-9-4-5-11(14)10-3-2-6-16-12(9)10/h2-6,8,17H,7H2,1H3,(H2,15,18). The van der Waals surface area contributed by atoms with Crippen LogP contribution in [0.15, 0.2) is 30.5 Å². The van der Waals surface area contributed by atoms with Crippen molar-refractivity contribution >= 4 is 28.4 Å². The van der Waals surface area contributed by atoms with Gasteiger partial charge in [-0.2, -0.15) is 0 Å². The van der Waals surface area contributed by atoms with Gasteiger partial charge in [0, 0.05) is 23.2 Å². The third kappa shape index (κ3) is 2.60. The molecule has 0 fully saturated rings. The first-order valence-corrected chi connectivity index (χ1v) is 6.02. The number of fused-ring (bicyclic) bond motifs is 1. The first-order valence-electron chi connectivity index (χ1n) is 5.64. The van der Waals surface area contributed by atoms with E-state index in [0.717, 1.165) is 16.5 Å². The van der Waals surface area contributed by atoms with E-state index in [1.165, 1.54) is 0 Å². The van der Waals surface area contributed by atoms with Gasteiger partial charge in [-0.15, -0.1) is 0 Å². The molecule has 0 aliphatic heterocycles. The molecule has 2 rings (SSSR count). The summed E-state index contributed by atoms with van der Waals surface area (Å²) in [5.41, 5.74) is 7.03. The SMILES string of the molecule is CC(NCc1ccc(Cl)c2cccnc12)C(N)=O. The zero-order valence-corrected chi connectivity index (χ0v) is 10.7. The van der Waals surface area contributed by atoms with E-state index in [-0.39, 0.29) is 11.9 Å². The number of halogens is 1. The molecule has 4 nitrogen and oxygen atoms in total. The van der Waals surface area contributed by atoms with E-state index in [4.69, 9.17) is 17.3 Å². The van der Waals surface area contributed by atoms with E-state index in [1.807, 2.05) is 24.3 Å². The highest BCUT2D eigenvalue weighted by Gasteiger charge is 2.10. The molecule has 0 bridgehead atoms. The molecular weight excluding hydrogens is 250 g/mol. The minimum absolute atomic E-state index is 0.374. The molecule has 1 aromatic carbocycles. The Labute approximate surface area is 110 Å². The molecule has 0 aliphatic rings. The zero-order valence-electron chi connectivity index (χ0n) is 9.98. The number of hydrogen-bond acceptors (Lipinski definition) is 3. The lowest BCUT2D eigenvalue weighted by molar-refractivity contribution is -0.119. The lowest BCUT2D eigenvalue weighted by Gasteiger charge is -2.11. The smallest absolute Gasteiger partial charge is 0.234 e. The van der Waals surface area contributed by atoms with Crippen LogP contribution in [0.5, 0.6) is 0 Å². The van der Waals surface area contributed by atoms with E-state index in [1.54, 1.807) is 13.1 Å². The summed E-state index contributed by atoms with van der Waals surface area (Å²) in [5.74, 6) is -0.374. The summed E-state index contributed by atoms with van der Waals surface area (Å²) in [5, 5.41) is 4.63. The normalized spacial score (nSPS) is 12.6. The maximum absolute atomic E-state index is 11.0. The van der Waals surface area contributed by atoms with Crippen LogP contribution in [0.2, 0.25) is 5.02 Å². The van der Waals surface area contributed by atoms with Gasteiger partial charge in [-0.1, -0.05) is 17.7 Å². The van der Waals surface area contributed by atoms with Gasteiger partial charge in [0.05, 0.1) is 11.6 Å². The van der Waals surface area contributed by atoms with Gasteiger partial charge in [0.25, 0.3) is 0 Å². The number of nitrogens with one attached hydrogen (secondary N) is 1. The van der Waals surface area contributed by atoms with Gasteiger partial charge in [0.1, 0.15) is 0 Å². The third-order valence-corrected chi connectivity index (χ3v) is 3.16. The van der Waals surface area contributed by atoms with Crippen LogP contribution in [-0.4, -0.2) is 16.9 Å². The number of amides is 1. The Morgan fingerprint density at radius 1 is 1.50 bits per heavy atom. The second-order valence-electron chi connectivity index (χ2n) is 4.11. The van der Waals surface area contributed by atoms with Gasteiger partial charge in [0.15, 0.2) is 0 Å². The average molecular weight is 264 g/mol. The maximum Gasteiger partial charge on any atom is 0.234 e. The van der Waals surface area contributed by atoms with Gasteiger partial charge in [-0.05, 0) is 30.7 Å². The Morgan fingerprint density at radius 2 is 2.28 bits per heavy atom. The summed E-state index contributed by atoms with van der Waals surface area (Å²) in [6, 6.07) is 7.12. The van der Waals surface area contributed by atoms with Crippen molar-refractivity contribution < 1.29 is 4.79 Å². The second kappa shape index (κ2) is 5.33. The van der Waals surface area contributed by atoms with Crippen molar-refractivity contribution in [3.63, 3.8) is 0 Å². The molecule has 3 N–H and O–H groups in total. The number of hydrogen-bond donors (Lipinski definition) is 2. The summed E-state index contributed by atoms with van der Waals surface area (Å²) in [6.07, 6.45) is 1.72. The summed E-state index contributed by atoms with van der Waals surface area (Å²) in [7, 11) is 0. The largest absolute Gasteiger partial charge is 0.368 e. The Morgan fingerprint density at radius 3 is 3.00 bits per heavy atom. The van der Waals surface area contributed by atoms with Gasteiger partial charge in [-0.3, -0.25) is 9.78 Å². The maximum atomic E-state index is 11.0. The van der Waals surface area contributed by atoms with Crippen molar-refractivity contribution in [2.75, 3.05) is 0 Å². The predicted octanol–water partition coefficient (Wildman–Crippen LogP) is 1.85. The molecule has 0 saturated heterocycles. The summed E-state index contributed by atoms with van der Waals surface area (Å²) in [6.45, 7) is 2.25. The quantitative estimate of drug-likeness (QED) is 0.885. The van der Waals surface area contributed by atoms with E-state index in [2.05, 4.69) is 10.3 Å². The van der Waals surface area contributed by atoms with Crippen molar-refractivity contribution in [1.29, 1.82) is 0 Å². The summed E-state index contributed by atoms with van der Waals surface area (Å²) >= 11 is 6.11. The molecule has 1 unspecified atom stereocenters. The highest BCUT2D eigenvalue weighted by atomic mass is 35.5. The van der Waals surface area contributed by atoms with Crippen LogP contribution in [0.3, 0.4) is 0 Å². The molecule has 1 heterocycles. The zero-order chi connectivity index (χ0) is 13.1. The molecule has 0 aliphatic carbocycles. The third-order valence-electron chi connectivity index (χ3n) is 2.83. The second-order valence-corrected chi connectivity index (χ2v) is 4.52.